The standard InChI is InChI=1S/C24H24N2O6S/c1-14-21(24(28)32-9-8-31-2)22(15-5-3-6-17(11-15)26(29)30)23-18(25-14)12-16(13-19(23)27)20-7-4-10-33-20/h3-7,10-11,16,22,25H,8-9,12-13H2,1-2H3/t16-,22-/m0/s1. The van der Waals surface area contributed by atoms with Crippen molar-refractivity contribution in [3.8, 4) is 0 Å². The normalized spacial score (nSPS) is 20.4. The van der Waals surface area contributed by atoms with Gasteiger partial charge in [0, 0.05) is 59.3 Å². The molecular formula is C24H24N2O6S. The van der Waals surface area contributed by atoms with Gasteiger partial charge in [-0.3, -0.25) is 14.9 Å². The summed E-state index contributed by atoms with van der Waals surface area (Å²) in [6, 6.07) is 10.1. The molecule has 1 aliphatic carbocycles. The number of nitro groups is 1. The molecule has 2 atom stereocenters. The Kier molecular flexibility index (Phi) is 6.71. The van der Waals surface area contributed by atoms with Gasteiger partial charge in [0.1, 0.15) is 6.61 Å². The number of nitrogens with zero attached hydrogens (tertiary/aromatic N) is 1. The van der Waals surface area contributed by atoms with E-state index in [4.69, 9.17) is 9.47 Å². The molecule has 33 heavy (non-hydrogen) atoms. The summed E-state index contributed by atoms with van der Waals surface area (Å²) in [6.45, 7) is 2.07. The van der Waals surface area contributed by atoms with Crippen molar-refractivity contribution in [2.24, 2.45) is 0 Å². The fourth-order valence-electron chi connectivity index (χ4n) is 4.48. The highest BCUT2D eigenvalue weighted by molar-refractivity contribution is 7.10. The third kappa shape index (κ3) is 4.60. The fraction of sp³-hybridized carbons (Fsp3) is 0.333. The van der Waals surface area contributed by atoms with Gasteiger partial charge in [-0.2, -0.15) is 0 Å². The van der Waals surface area contributed by atoms with Crippen LogP contribution in [0.4, 0.5) is 5.69 Å². The van der Waals surface area contributed by atoms with Crippen molar-refractivity contribution in [1.29, 1.82) is 0 Å². The van der Waals surface area contributed by atoms with E-state index >= 15 is 0 Å². The number of ether oxygens (including phenoxy) is 2. The zero-order valence-electron chi connectivity index (χ0n) is 18.3. The van der Waals surface area contributed by atoms with Crippen molar-refractivity contribution in [1.82, 2.24) is 5.32 Å². The molecule has 0 amide bonds. The van der Waals surface area contributed by atoms with E-state index in [-0.39, 0.29) is 36.2 Å². The van der Waals surface area contributed by atoms with E-state index in [0.29, 0.717) is 29.7 Å². The number of carbonyl (C=O) groups is 2. The third-order valence-corrected chi connectivity index (χ3v) is 6.96. The van der Waals surface area contributed by atoms with Gasteiger partial charge in [-0.15, -0.1) is 11.3 Å². The summed E-state index contributed by atoms with van der Waals surface area (Å²) in [5, 5.41) is 16.7. The predicted molar refractivity (Wildman–Crippen MR) is 123 cm³/mol. The zero-order chi connectivity index (χ0) is 23.5. The Morgan fingerprint density at radius 1 is 1.24 bits per heavy atom. The molecule has 2 aromatic rings. The topological polar surface area (TPSA) is 108 Å². The van der Waals surface area contributed by atoms with Crippen LogP contribution in [0.3, 0.4) is 0 Å². The molecule has 1 N–H and O–H groups in total. The molecule has 0 unspecified atom stereocenters. The lowest BCUT2D eigenvalue weighted by Crippen LogP contribution is -2.36. The molecule has 1 aromatic heterocycles. The van der Waals surface area contributed by atoms with Gasteiger partial charge in [0.15, 0.2) is 5.78 Å². The van der Waals surface area contributed by atoms with Crippen LogP contribution in [0.2, 0.25) is 0 Å². The first-order valence-corrected chi connectivity index (χ1v) is 11.5. The molecule has 0 bridgehead atoms. The van der Waals surface area contributed by atoms with E-state index in [2.05, 4.69) is 5.32 Å². The van der Waals surface area contributed by atoms with Crippen LogP contribution in [-0.2, 0) is 19.1 Å². The Balaban J connectivity index is 1.79. The summed E-state index contributed by atoms with van der Waals surface area (Å²) in [4.78, 5) is 38.6. The monoisotopic (exact) mass is 468 g/mol. The summed E-state index contributed by atoms with van der Waals surface area (Å²) in [7, 11) is 1.51. The maximum absolute atomic E-state index is 13.5. The van der Waals surface area contributed by atoms with E-state index in [1.807, 2.05) is 17.5 Å². The van der Waals surface area contributed by atoms with Gasteiger partial charge in [0.25, 0.3) is 5.69 Å². The van der Waals surface area contributed by atoms with E-state index in [1.165, 1.54) is 19.2 Å². The average Bonchev–Trinajstić information content (AvgIpc) is 3.33. The Morgan fingerprint density at radius 3 is 2.76 bits per heavy atom. The molecule has 1 aromatic carbocycles. The second-order valence-electron chi connectivity index (χ2n) is 8.01. The number of hydrogen-bond donors (Lipinski definition) is 1. The highest BCUT2D eigenvalue weighted by Gasteiger charge is 2.41. The lowest BCUT2D eigenvalue weighted by atomic mass is 9.72. The number of thiophene rings is 1. The first-order valence-electron chi connectivity index (χ1n) is 10.6. The zero-order valence-corrected chi connectivity index (χ0v) is 19.1. The fourth-order valence-corrected chi connectivity index (χ4v) is 5.31. The number of methoxy groups -OCH3 is 1. The van der Waals surface area contributed by atoms with Crippen LogP contribution < -0.4 is 5.32 Å². The Labute approximate surface area is 195 Å². The van der Waals surface area contributed by atoms with Crippen molar-refractivity contribution in [3.05, 3.63) is 84.9 Å². The molecule has 2 heterocycles. The van der Waals surface area contributed by atoms with Crippen molar-refractivity contribution < 1.29 is 24.0 Å². The summed E-state index contributed by atoms with van der Waals surface area (Å²) in [5.74, 6) is -1.34. The van der Waals surface area contributed by atoms with E-state index < -0.39 is 16.8 Å². The summed E-state index contributed by atoms with van der Waals surface area (Å²) < 4.78 is 10.4. The SMILES string of the molecule is COCCOC(=O)C1=C(C)NC2=C(C(=O)C[C@@H](c3cccs3)C2)[C@H]1c1cccc([N+](=O)[O-])c1. The molecular weight excluding hydrogens is 444 g/mol. The quantitative estimate of drug-likeness (QED) is 0.281. The maximum Gasteiger partial charge on any atom is 0.336 e. The van der Waals surface area contributed by atoms with Crippen LogP contribution in [0.5, 0.6) is 0 Å². The largest absolute Gasteiger partial charge is 0.460 e. The van der Waals surface area contributed by atoms with Crippen LogP contribution in [0.15, 0.2) is 64.3 Å². The van der Waals surface area contributed by atoms with Gasteiger partial charge in [0.05, 0.1) is 17.1 Å². The average molecular weight is 469 g/mol. The van der Waals surface area contributed by atoms with Crippen molar-refractivity contribution >= 4 is 28.8 Å². The van der Waals surface area contributed by atoms with Crippen LogP contribution in [0.1, 0.15) is 42.0 Å². The number of carbonyl (C=O) groups excluding carboxylic acids is 2. The Hall–Kier alpha value is -3.30. The number of Topliss-reactive ketones (excluding diaryl/α,β-unsaturated/α-hetero) is 1. The van der Waals surface area contributed by atoms with Crippen molar-refractivity contribution in [2.45, 2.75) is 31.6 Å². The van der Waals surface area contributed by atoms with Crippen LogP contribution in [0.25, 0.3) is 0 Å². The van der Waals surface area contributed by atoms with Crippen LogP contribution in [-0.4, -0.2) is 37.0 Å². The van der Waals surface area contributed by atoms with Gasteiger partial charge >= 0.3 is 5.97 Å². The lowest BCUT2D eigenvalue weighted by Gasteiger charge is -2.36. The number of hydrogen-bond acceptors (Lipinski definition) is 8. The predicted octanol–water partition coefficient (Wildman–Crippen LogP) is 4.21. The highest BCUT2D eigenvalue weighted by Crippen LogP contribution is 2.46. The first-order chi connectivity index (χ1) is 15.9. The molecule has 9 heteroatoms. The molecule has 8 nitrogen and oxygen atoms in total. The minimum Gasteiger partial charge on any atom is -0.460 e. The molecule has 0 radical (unpaired) electrons. The van der Waals surface area contributed by atoms with Crippen molar-refractivity contribution in [3.63, 3.8) is 0 Å². The number of nitro benzene ring substituents is 1. The van der Waals surface area contributed by atoms with E-state index in [1.54, 1.807) is 30.4 Å². The van der Waals surface area contributed by atoms with Gasteiger partial charge in [-0.05, 0) is 30.4 Å². The van der Waals surface area contributed by atoms with Crippen molar-refractivity contribution in [2.75, 3.05) is 20.3 Å². The van der Waals surface area contributed by atoms with E-state index in [0.717, 1.165) is 10.6 Å². The lowest BCUT2D eigenvalue weighted by molar-refractivity contribution is -0.384. The molecule has 0 saturated heterocycles. The number of benzene rings is 1. The van der Waals surface area contributed by atoms with Crippen LogP contribution in [0, 0.1) is 10.1 Å². The summed E-state index contributed by atoms with van der Waals surface area (Å²) in [5.41, 5.74) is 2.51. The number of allylic oxidation sites excluding steroid dienone is 3. The number of rotatable bonds is 7. The van der Waals surface area contributed by atoms with E-state index in [9.17, 15) is 19.7 Å². The minimum absolute atomic E-state index is 0.0533. The Morgan fingerprint density at radius 2 is 2.06 bits per heavy atom. The highest BCUT2D eigenvalue weighted by atomic mass is 32.1. The third-order valence-electron chi connectivity index (χ3n) is 5.93. The second-order valence-corrected chi connectivity index (χ2v) is 8.99. The van der Waals surface area contributed by atoms with Gasteiger partial charge in [0.2, 0.25) is 0 Å². The Bertz CT molecular complexity index is 1150. The number of non-ortho nitro benzene ring substituents is 1. The number of esters is 1. The molecule has 172 valence electrons. The van der Waals surface area contributed by atoms with Gasteiger partial charge in [-0.1, -0.05) is 18.2 Å². The maximum atomic E-state index is 13.5. The molecule has 1 aliphatic heterocycles. The second kappa shape index (κ2) is 9.68. The number of dihydropyridines is 1. The van der Waals surface area contributed by atoms with Gasteiger partial charge in [-0.25, -0.2) is 4.79 Å². The van der Waals surface area contributed by atoms with Gasteiger partial charge < -0.3 is 14.8 Å². The molecule has 0 fully saturated rings. The molecule has 4 rings (SSSR count). The number of ketones is 1. The minimum atomic E-state index is -0.743. The summed E-state index contributed by atoms with van der Waals surface area (Å²) in [6.07, 6.45) is 0.938. The smallest absolute Gasteiger partial charge is 0.336 e. The first kappa shape index (κ1) is 22.9. The molecule has 0 saturated carbocycles. The van der Waals surface area contributed by atoms with Crippen LogP contribution >= 0.6 is 11.3 Å². The molecule has 0 spiro atoms. The molecule has 2 aliphatic rings. The summed E-state index contributed by atoms with van der Waals surface area (Å²) >= 11 is 1.62. The number of nitrogens with one attached hydrogen (secondary N) is 1.